The number of hydrogen-bond donors (Lipinski definition) is 3. The Hall–Kier alpha value is -3.09. The van der Waals surface area contributed by atoms with Crippen molar-refractivity contribution >= 4 is 23.0 Å². The molecule has 0 spiro atoms. The molecule has 3 N–H and O–H groups in total. The second kappa shape index (κ2) is 8.07. The Kier molecular flexibility index (Phi) is 5.59. The fourth-order valence-electron chi connectivity index (χ4n) is 3.32. The molecule has 3 rings (SSSR count). The number of fused-ring (bicyclic) bond motifs is 1. The molecule has 0 atom stereocenters. The van der Waals surface area contributed by atoms with Crippen molar-refractivity contribution in [3.63, 3.8) is 0 Å². The molecule has 1 fully saturated rings. The zero-order chi connectivity index (χ0) is 19.4. The van der Waals surface area contributed by atoms with Gasteiger partial charge in [-0.3, -0.25) is 4.79 Å². The number of aromatic nitrogens is 1. The molecule has 27 heavy (non-hydrogen) atoms. The molecule has 1 amide bonds. The van der Waals surface area contributed by atoms with Crippen LogP contribution in [0.25, 0.3) is 10.9 Å². The van der Waals surface area contributed by atoms with Gasteiger partial charge in [-0.25, -0.2) is 4.39 Å². The number of H-pyrrole nitrogens is 1. The Morgan fingerprint density at radius 1 is 1.33 bits per heavy atom. The number of amides is 1. The van der Waals surface area contributed by atoms with E-state index in [1.807, 2.05) is 11.8 Å². The molecule has 2 aromatic rings. The summed E-state index contributed by atoms with van der Waals surface area (Å²) in [6, 6.07) is 4.56. The number of halogens is 1. The first-order valence-corrected chi connectivity index (χ1v) is 8.84. The minimum Gasteiger partial charge on any atom is -0.506 e. The summed E-state index contributed by atoms with van der Waals surface area (Å²) in [5.74, 6) is -0.220. The maximum absolute atomic E-state index is 13.6. The third kappa shape index (κ3) is 4.36. The second-order valence-corrected chi connectivity index (χ2v) is 6.59. The first kappa shape index (κ1) is 18.7. The van der Waals surface area contributed by atoms with Gasteiger partial charge in [-0.1, -0.05) is 0 Å². The maximum atomic E-state index is 13.6. The quantitative estimate of drug-likeness (QED) is 0.430. The van der Waals surface area contributed by atoms with Crippen LogP contribution >= 0.6 is 0 Å². The third-order valence-corrected chi connectivity index (χ3v) is 4.75. The molecule has 0 aliphatic carbocycles. The summed E-state index contributed by atoms with van der Waals surface area (Å²) < 4.78 is 13.6. The monoisotopic (exact) mass is 370 g/mol. The van der Waals surface area contributed by atoms with Crippen molar-refractivity contribution in [1.29, 1.82) is 5.41 Å². The fraction of sp³-hybridized carbons (Fsp3) is 0.300. The van der Waals surface area contributed by atoms with Crippen LogP contribution in [0, 0.1) is 18.2 Å². The number of allylic oxidation sites excluding steroid dienone is 2. The molecule has 7 heteroatoms. The molecule has 0 radical (unpaired) electrons. The van der Waals surface area contributed by atoms with Gasteiger partial charge >= 0.3 is 0 Å². The highest BCUT2D eigenvalue weighted by Crippen LogP contribution is 2.24. The van der Waals surface area contributed by atoms with Gasteiger partial charge in [0, 0.05) is 55.2 Å². The van der Waals surface area contributed by atoms with Crippen LogP contribution in [-0.2, 0) is 11.2 Å². The lowest BCUT2D eigenvalue weighted by Gasteiger charge is -2.34. The zero-order valence-electron chi connectivity index (χ0n) is 15.2. The third-order valence-electron chi connectivity index (χ3n) is 4.75. The van der Waals surface area contributed by atoms with Crippen LogP contribution in [0.1, 0.15) is 11.3 Å². The predicted octanol–water partition coefficient (Wildman–Crippen LogP) is 2.91. The van der Waals surface area contributed by atoms with Crippen LogP contribution in [0.2, 0.25) is 0 Å². The molecular formula is C20H23FN4O2. The summed E-state index contributed by atoms with van der Waals surface area (Å²) in [6.07, 6.45) is 5.84. The van der Waals surface area contributed by atoms with E-state index in [-0.39, 0.29) is 23.9 Å². The van der Waals surface area contributed by atoms with E-state index in [1.54, 1.807) is 17.2 Å². The van der Waals surface area contributed by atoms with Crippen LogP contribution in [0.15, 0.2) is 42.3 Å². The van der Waals surface area contributed by atoms with Crippen LogP contribution < -0.4 is 0 Å². The summed E-state index contributed by atoms with van der Waals surface area (Å²) in [4.78, 5) is 19.7. The van der Waals surface area contributed by atoms with E-state index in [1.165, 1.54) is 24.3 Å². The Morgan fingerprint density at radius 2 is 2.07 bits per heavy atom. The summed E-state index contributed by atoms with van der Waals surface area (Å²) in [6.45, 7) is 4.26. The molecule has 1 saturated heterocycles. The van der Waals surface area contributed by atoms with Crippen LogP contribution in [-0.4, -0.2) is 58.2 Å². The molecule has 1 aliphatic rings. The Balaban J connectivity index is 1.64. The molecule has 0 bridgehead atoms. The molecule has 142 valence electrons. The lowest BCUT2D eigenvalue weighted by molar-refractivity contribution is -0.131. The molecule has 1 aromatic heterocycles. The van der Waals surface area contributed by atoms with E-state index in [9.17, 15) is 14.3 Å². The highest BCUT2D eigenvalue weighted by Gasteiger charge is 2.22. The number of aromatic amines is 1. The number of carbonyl (C=O) groups excluding carboxylic acids is 1. The predicted molar refractivity (Wildman–Crippen MR) is 103 cm³/mol. The highest BCUT2D eigenvalue weighted by molar-refractivity contribution is 5.90. The number of aryl methyl sites for hydroxylation is 1. The molecule has 6 nitrogen and oxygen atoms in total. The number of benzene rings is 1. The number of hydrogen-bond acceptors (Lipinski definition) is 4. The number of rotatable bonds is 5. The fourth-order valence-corrected chi connectivity index (χ4v) is 3.32. The summed E-state index contributed by atoms with van der Waals surface area (Å²) in [5, 5.41) is 17.4. The van der Waals surface area contributed by atoms with Crippen LogP contribution in [0.4, 0.5) is 4.39 Å². The van der Waals surface area contributed by atoms with Gasteiger partial charge in [0.2, 0.25) is 5.91 Å². The average molecular weight is 370 g/mol. The number of nitrogens with one attached hydrogen (secondary N) is 2. The van der Waals surface area contributed by atoms with Gasteiger partial charge in [0.25, 0.3) is 0 Å². The maximum Gasteiger partial charge on any atom is 0.227 e. The van der Waals surface area contributed by atoms with Crippen molar-refractivity contribution in [2.45, 2.75) is 13.3 Å². The molecule has 2 heterocycles. The molecular weight excluding hydrogens is 347 g/mol. The second-order valence-electron chi connectivity index (χ2n) is 6.59. The zero-order valence-corrected chi connectivity index (χ0v) is 15.2. The first-order valence-electron chi connectivity index (χ1n) is 8.84. The smallest absolute Gasteiger partial charge is 0.227 e. The topological polar surface area (TPSA) is 83.4 Å². The number of piperazine rings is 1. The van der Waals surface area contributed by atoms with Crippen LogP contribution in [0.5, 0.6) is 0 Å². The van der Waals surface area contributed by atoms with Crippen molar-refractivity contribution in [2.24, 2.45) is 0 Å². The Bertz CT molecular complexity index is 908. The van der Waals surface area contributed by atoms with Gasteiger partial charge in [0.1, 0.15) is 11.6 Å². The van der Waals surface area contributed by atoms with Gasteiger partial charge in [0.15, 0.2) is 0 Å². The molecule has 1 aliphatic heterocycles. The molecule has 1 aromatic carbocycles. The summed E-state index contributed by atoms with van der Waals surface area (Å²) in [7, 11) is 0. The number of aliphatic hydroxyl groups excluding tert-OH is 1. The minimum atomic E-state index is -0.313. The van der Waals surface area contributed by atoms with Gasteiger partial charge < -0.3 is 25.3 Å². The average Bonchev–Trinajstić information content (AvgIpc) is 2.95. The lowest BCUT2D eigenvalue weighted by Crippen LogP contribution is -2.47. The first-order chi connectivity index (χ1) is 13.0. The Labute approximate surface area is 157 Å². The number of aliphatic hydroxyl groups is 1. The normalized spacial score (nSPS) is 15.7. The SMILES string of the molecule is Cc1[nH]c2ccc(F)cc2c1CC(=O)N1CCN(/C=C(O)\C=C/C=N)CC1. The Morgan fingerprint density at radius 3 is 2.78 bits per heavy atom. The molecule has 0 saturated carbocycles. The van der Waals surface area contributed by atoms with Gasteiger partial charge in [-0.15, -0.1) is 0 Å². The van der Waals surface area contributed by atoms with Gasteiger partial charge in [0.05, 0.1) is 6.42 Å². The largest absolute Gasteiger partial charge is 0.506 e. The summed E-state index contributed by atoms with van der Waals surface area (Å²) >= 11 is 0. The van der Waals surface area contributed by atoms with Gasteiger partial charge in [-0.2, -0.15) is 0 Å². The minimum absolute atomic E-state index is 0.0137. The highest BCUT2D eigenvalue weighted by atomic mass is 19.1. The van der Waals surface area contributed by atoms with Crippen molar-refractivity contribution in [3.8, 4) is 0 Å². The summed E-state index contributed by atoms with van der Waals surface area (Å²) in [5.41, 5.74) is 2.56. The van der Waals surface area contributed by atoms with E-state index >= 15 is 0 Å². The van der Waals surface area contributed by atoms with Gasteiger partial charge in [-0.05, 0) is 42.8 Å². The van der Waals surface area contributed by atoms with E-state index in [0.29, 0.717) is 26.2 Å². The molecule has 0 unspecified atom stereocenters. The van der Waals surface area contributed by atoms with E-state index in [0.717, 1.165) is 28.4 Å². The lowest BCUT2D eigenvalue weighted by atomic mass is 10.1. The van der Waals surface area contributed by atoms with Crippen molar-refractivity contribution in [2.75, 3.05) is 26.2 Å². The van der Waals surface area contributed by atoms with Crippen molar-refractivity contribution < 1.29 is 14.3 Å². The van der Waals surface area contributed by atoms with E-state index < -0.39 is 0 Å². The standard InChI is InChI=1S/C20H23FN4O2/c1-14-17(18-11-15(21)4-5-19(18)23-14)12-20(27)25-9-7-24(8-10-25)13-16(26)3-2-6-22/h2-6,11,13,22-23,26H,7-10,12H2,1H3/b3-2-,16-13+,22-6?. The number of nitrogens with zero attached hydrogens (tertiary/aromatic N) is 2. The van der Waals surface area contributed by atoms with Crippen molar-refractivity contribution in [1.82, 2.24) is 14.8 Å². The van der Waals surface area contributed by atoms with E-state index in [4.69, 9.17) is 5.41 Å². The van der Waals surface area contributed by atoms with Crippen molar-refractivity contribution in [3.05, 3.63) is 59.4 Å². The van der Waals surface area contributed by atoms with Crippen LogP contribution in [0.3, 0.4) is 0 Å². The number of carbonyl (C=O) groups is 1. The van der Waals surface area contributed by atoms with E-state index in [2.05, 4.69) is 4.98 Å².